The number of aromatic nitrogens is 2. The van der Waals surface area contributed by atoms with Crippen LogP contribution in [0.25, 0.3) is 0 Å². The minimum Gasteiger partial charge on any atom is -0.437 e. The van der Waals surface area contributed by atoms with Gasteiger partial charge >= 0.3 is 0 Å². The summed E-state index contributed by atoms with van der Waals surface area (Å²) in [5.74, 6) is 1.58. The SMILES string of the molecule is Cc1cccc(Oc2cncc([C@@H]3CCCN(C(=O)C4(c5ccccc5)CCOCC4)C3)n2)c1. The van der Waals surface area contributed by atoms with Gasteiger partial charge in [0.25, 0.3) is 0 Å². The molecule has 6 nitrogen and oxygen atoms in total. The maximum atomic E-state index is 14.0. The second-order valence-electron chi connectivity index (χ2n) is 9.35. The van der Waals surface area contributed by atoms with E-state index < -0.39 is 5.41 Å². The zero-order chi connectivity index (χ0) is 23.4. The number of amides is 1. The normalized spacial score (nSPS) is 20.0. The van der Waals surface area contributed by atoms with Crippen LogP contribution in [0.3, 0.4) is 0 Å². The van der Waals surface area contributed by atoms with Crippen LogP contribution in [0, 0.1) is 6.92 Å². The van der Waals surface area contributed by atoms with E-state index in [1.165, 1.54) is 0 Å². The van der Waals surface area contributed by atoms with Crippen LogP contribution in [-0.2, 0) is 14.9 Å². The number of ether oxygens (including phenoxy) is 2. The van der Waals surface area contributed by atoms with E-state index in [2.05, 4.69) is 17.1 Å². The van der Waals surface area contributed by atoms with E-state index in [0.29, 0.717) is 25.6 Å². The molecule has 34 heavy (non-hydrogen) atoms. The first-order chi connectivity index (χ1) is 16.6. The van der Waals surface area contributed by atoms with Crippen LogP contribution >= 0.6 is 0 Å². The molecule has 3 aromatic rings. The number of benzene rings is 2. The topological polar surface area (TPSA) is 64.5 Å². The standard InChI is InChI=1S/C28H31N3O3/c1-21-7-5-11-24(17-21)34-26-19-29-18-25(30-26)22-8-6-14-31(20-22)27(32)28(12-15-33-16-13-28)23-9-3-2-4-10-23/h2-5,7,9-11,17-19,22H,6,8,12-16,20H2,1H3/t22-/m1/s1. The fourth-order valence-corrected chi connectivity index (χ4v) is 5.22. The number of hydrogen-bond acceptors (Lipinski definition) is 5. The molecule has 1 amide bonds. The highest BCUT2D eigenvalue weighted by molar-refractivity contribution is 5.88. The van der Waals surface area contributed by atoms with E-state index in [9.17, 15) is 4.79 Å². The molecule has 2 aliphatic heterocycles. The van der Waals surface area contributed by atoms with Crippen molar-refractivity contribution in [1.82, 2.24) is 14.9 Å². The van der Waals surface area contributed by atoms with E-state index in [1.807, 2.05) is 60.5 Å². The summed E-state index contributed by atoms with van der Waals surface area (Å²) < 4.78 is 11.6. The third-order valence-corrected chi connectivity index (χ3v) is 7.05. The van der Waals surface area contributed by atoms with Crippen LogP contribution < -0.4 is 4.74 Å². The van der Waals surface area contributed by atoms with Crippen LogP contribution in [-0.4, -0.2) is 47.1 Å². The summed E-state index contributed by atoms with van der Waals surface area (Å²) in [6.45, 7) is 4.68. The summed E-state index contributed by atoms with van der Waals surface area (Å²) in [6, 6.07) is 18.1. The molecule has 2 saturated heterocycles. The van der Waals surface area contributed by atoms with Gasteiger partial charge in [0.15, 0.2) is 0 Å². The molecule has 2 aromatic carbocycles. The summed E-state index contributed by atoms with van der Waals surface area (Å²) in [5, 5.41) is 0. The number of hydrogen-bond donors (Lipinski definition) is 0. The quantitative estimate of drug-likeness (QED) is 0.538. The molecule has 0 aliphatic carbocycles. The minimum atomic E-state index is -0.511. The van der Waals surface area contributed by atoms with Gasteiger partial charge in [-0.15, -0.1) is 0 Å². The number of carbonyl (C=O) groups excluding carboxylic acids is 1. The number of aryl methyl sites for hydroxylation is 1. The first-order valence-corrected chi connectivity index (χ1v) is 12.1. The maximum Gasteiger partial charge on any atom is 0.238 e. The highest BCUT2D eigenvalue weighted by atomic mass is 16.5. The number of piperidine rings is 1. The Labute approximate surface area is 201 Å². The summed E-state index contributed by atoms with van der Waals surface area (Å²) in [6.07, 6.45) is 6.82. The Hall–Kier alpha value is -3.25. The van der Waals surface area contributed by atoms with Gasteiger partial charge in [-0.2, -0.15) is 0 Å². The van der Waals surface area contributed by atoms with Crippen molar-refractivity contribution in [3.05, 3.63) is 83.8 Å². The second-order valence-corrected chi connectivity index (χ2v) is 9.35. The average molecular weight is 458 g/mol. The zero-order valence-corrected chi connectivity index (χ0v) is 19.7. The molecule has 0 unspecified atom stereocenters. The number of carbonyl (C=O) groups is 1. The third-order valence-electron chi connectivity index (χ3n) is 7.05. The van der Waals surface area contributed by atoms with Gasteiger partial charge in [-0.05, 0) is 55.9 Å². The smallest absolute Gasteiger partial charge is 0.238 e. The Bertz CT molecular complexity index is 1130. The van der Waals surface area contributed by atoms with E-state index in [4.69, 9.17) is 14.5 Å². The van der Waals surface area contributed by atoms with E-state index in [-0.39, 0.29) is 11.8 Å². The molecule has 0 N–H and O–H groups in total. The maximum absolute atomic E-state index is 14.0. The fraction of sp³-hybridized carbons (Fsp3) is 0.393. The van der Waals surface area contributed by atoms with Crippen LogP contribution in [0.15, 0.2) is 67.0 Å². The van der Waals surface area contributed by atoms with Gasteiger partial charge in [-0.25, -0.2) is 4.98 Å². The third kappa shape index (κ3) is 4.68. The Morgan fingerprint density at radius 1 is 1.09 bits per heavy atom. The Morgan fingerprint density at radius 3 is 2.71 bits per heavy atom. The van der Waals surface area contributed by atoms with Crippen molar-refractivity contribution in [3.63, 3.8) is 0 Å². The number of nitrogens with zero attached hydrogens (tertiary/aromatic N) is 3. The molecule has 0 spiro atoms. The van der Waals surface area contributed by atoms with Crippen molar-refractivity contribution in [1.29, 1.82) is 0 Å². The summed E-state index contributed by atoms with van der Waals surface area (Å²) in [7, 11) is 0. The van der Waals surface area contributed by atoms with Crippen molar-refractivity contribution >= 4 is 5.91 Å². The van der Waals surface area contributed by atoms with Gasteiger partial charge in [-0.1, -0.05) is 42.5 Å². The molecule has 176 valence electrons. The highest BCUT2D eigenvalue weighted by Crippen LogP contribution is 2.38. The lowest BCUT2D eigenvalue weighted by molar-refractivity contribution is -0.142. The van der Waals surface area contributed by atoms with Crippen LogP contribution in [0.2, 0.25) is 0 Å². The molecule has 3 heterocycles. The van der Waals surface area contributed by atoms with Gasteiger partial charge in [0.05, 0.1) is 17.3 Å². The average Bonchev–Trinajstić information content (AvgIpc) is 2.89. The van der Waals surface area contributed by atoms with Crippen molar-refractivity contribution < 1.29 is 14.3 Å². The van der Waals surface area contributed by atoms with Gasteiger partial charge in [0, 0.05) is 38.4 Å². The molecule has 1 atom stereocenters. The number of likely N-dealkylation sites (tertiary alicyclic amines) is 1. The Morgan fingerprint density at radius 2 is 1.91 bits per heavy atom. The summed E-state index contributed by atoms with van der Waals surface area (Å²) >= 11 is 0. The molecule has 1 aromatic heterocycles. The van der Waals surface area contributed by atoms with E-state index in [0.717, 1.165) is 54.8 Å². The highest BCUT2D eigenvalue weighted by Gasteiger charge is 2.45. The predicted molar refractivity (Wildman–Crippen MR) is 130 cm³/mol. The molecule has 2 aliphatic rings. The molecule has 6 heteroatoms. The first kappa shape index (κ1) is 22.5. The molecule has 0 saturated carbocycles. The van der Waals surface area contributed by atoms with Crippen molar-refractivity contribution in [3.8, 4) is 11.6 Å². The van der Waals surface area contributed by atoms with Gasteiger partial charge in [0.2, 0.25) is 11.8 Å². The lowest BCUT2D eigenvalue weighted by atomic mass is 9.72. The van der Waals surface area contributed by atoms with Crippen molar-refractivity contribution in [2.45, 2.75) is 43.9 Å². The predicted octanol–water partition coefficient (Wildman–Crippen LogP) is 5.03. The summed E-state index contributed by atoms with van der Waals surface area (Å²) in [5.41, 5.74) is 2.59. The van der Waals surface area contributed by atoms with Crippen LogP contribution in [0.4, 0.5) is 0 Å². The number of rotatable bonds is 5. The molecule has 0 radical (unpaired) electrons. The van der Waals surface area contributed by atoms with Gasteiger partial charge in [0.1, 0.15) is 5.75 Å². The molecular formula is C28H31N3O3. The molecule has 0 bridgehead atoms. The summed E-state index contributed by atoms with van der Waals surface area (Å²) in [4.78, 5) is 25.2. The lowest BCUT2D eigenvalue weighted by Gasteiger charge is -2.42. The second kappa shape index (κ2) is 9.94. The van der Waals surface area contributed by atoms with Gasteiger partial charge < -0.3 is 14.4 Å². The lowest BCUT2D eigenvalue weighted by Crippen LogP contribution is -2.52. The Balaban J connectivity index is 1.35. The monoisotopic (exact) mass is 457 g/mol. The van der Waals surface area contributed by atoms with Gasteiger partial charge in [-0.3, -0.25) is 9.78 Å². The fourth-order valence-electron chi connectivity index (χ4n) is 5.22. The largest absolute Gasteiger partial charge is 0.437 e. The molecule has 5 rings (SSSR count). The van der Waals surface area contributed by atoms with Crippen molar-refractivity contribution in [2.24, 2.45) is 0 Å². The van der Waals surface area contributed by atoms with Crippen LogP contribution in [0.5, 0.6) is 11.6 Å². The van der Waals surface area contributed by atoms with E-state index in [1.54, 1.807) is 6.20 Å². The molecular weight excluding hydrogens is 426 g/mol. The zero-order valence-electron chi connectivity index (χ0n) is 19.7. The molecule has 2 fully saturated rings. The first-order valence-electron chi connectivity index (χ1n) is 12.1. The van der Waals surface area contributed by atoms with Crippen molar-refractivity contribution in [2.75, 3.05) is 26.3 Å². The van der Waals surface area contributed by atoms with Crippen LogP contribution in [0.1, 0.15) is 48.4 Å². The van der Waals surface area contributed by atoms with E-state index >= 15 is 0 Å². The minimum absolute atomic E-state index is 0.138. The Kier molecular flexibility index (Phi) is 6.59.